The van der Waals surface area contributed by atoms with E-state index in [0.29, 0.717) is 30.2 Å². The Morgan fingerprint density at radius 1 is 1.35 bits per heavy atom. The highest BCUT2D eigenvalue weighted by Gasteiger charge is 2.48. The summed E-state index contributed by atoms with van der Waals surface area (Å²) in [4.78, 5) is 0. The van der Waals surface area contributed by atoms with Gasteiger partial charge in [-0.05, 0) is 12.5 Å². The minimum atomic E-state index is 0.112. The van der Waals surface area contributed by atoms with Gasteiger partial charge in [-0.3, -0.25) is 0 Å². The maximum absolute atomic E-state index is 10.0. The number of rotatable bonds is 4. The molecule has 1 aromatic rings. The van der Waals surface area contributed by atoms with Gasteiger partial charge in [0.05, 0.1) is 6.10 Å². The fourth-order valence-corrected chi connectivity index (χ4v) is 2.98. The average Bonchev–Trinajstić information content (AvgIpc) is 2.84. The fourth-order valence-electron chi connectivity index (χ4n) is 2.98. The van der Waals surface area contributed by atoms with E-state index in [0.717, 1.165) is 12.0 Å². The number of phenolic OH excluding ortho intramolecular Hbond substituents is 1. The number of aromatic hydroxyl groups is 1. The largest absolute Gasteiger partial charge is 0.507 e. The van der Waals surface area contributed by atoms with Gasteiger partial charge in [0, 0.05) is 36.7 Å². The molecule has 2 atom stereocenters. The van der Waals surface area contributed by atoms with Crippen molar-refractivity contribution in [1.29, 1.82) is 0 Å². The SMILES string of the molecule is COC1CC(NCc2cc3c(cc2O)OCO3)C1(C)C. The third-order valence-corrected chi connectivity index (χ3v) is 4.58. The molecule has 0 amide bonds. The highest BCUT2D eigenvalue weighted by molar-refractivity contribution is 5.51. The van der Waals surface area contributed by atoms with Crippen LogP contribution < -0.4 is 14.8 Å². The zero-order chi connectivity index (χ0) is 14.3. The Bertz CT molecular complexity index is 515. The minimum Gasteiger partial charge on any atom is -0.507 e. The zero-order valence-electron chi connectivity index (χ0n) is 12.1. The van der Waals surface area contributed by atoms with E-state index in [1.54, 1.807) is 13.2 Å². The van der Waals surface area contributed by atoms with E-state index in [4.69, 9.17) is 14.2 Å². The molecule has 0 aromatic heterocycles. The van der Waals surface area contributed by atoms with E-state index >= 15 is 0 Å². The van der Waals surface area contributed by atoms with Crippen molar-refractivity contribution in [2.24, 2.45) is 5.41 Å². The lowest BCUT2D eigenvalue weighted by Crippen LogP contribution is -2.60. The molecule has 2 aliphatic rings. The van der Waals surface area contributed by atoms with Crippen molar-refractivity contribution < 1.29 is 19.3 Å². The first-order valence-corrected chi connectivity index (χ1v) is 6.90. The number of hydrogen-bond acceptors (Lipinski definition) is 5. The van der Waals surface area contributed by atoms with Crippen LogP contribution in [0.4, 0.5) is 0 Å². The zero-order valence-corrected chi connectivity index (χ0v) is 12.1. The summed E-state index contributed by atoms with van der Waals surface area (Å²) in [5, 5.41) is 13.5. The van der Waals surface area contributed by atoms with Crippen LogP contribution >= 0.6 is 0 Å². The Morgan fingerprint density at radius 3 is 2.70 bits per heavy atom. The van der Waals surface area contributed by atoms with Gasteiger partial charge in [0.1, 0.15) is 5.75 Å². The molecule has 1 aromatic carbocycles. The quantitative estimate of drug-likeness (QED) is 0.883. The molecule has 3 rings (SSSR count). The van der Waals surface area contributed by atoms with Gasteiger partial charge in [-0.2, -0.15) is 0 Å². The highest BCUT2D eigenvalue weighted by atomic mass is 16.7. The first-order valence-electron chi connectivity index (χ1n) is 6.90. The number of fused-ring (bicyclic) bond motifs is 1. The Kier molecular flexibility index (Phi) is 3.26. The van der Waals surface area contributed by atoms with Gasteiger partial charge >= 0.3 is 0 Å². The van der Waals surface area contributed by atoms with Crippen molar-refractivity contribution in [2.45, 2.75) is 39.0 Å². The van der Waals surface area contributed by atoms with E-state index in [2.05, 4.69) is 19.2 Å². The minimum absolute atomic E-state index is 0.112. The van der Waals surface area contributed by atoms with E-state index in [-0.39, 0.29) is 18.0 Å². The lowest BCUT2D eigenvalue weighted by molar-refractivity contribution is -0.0979. The van der Waals surface area contributed by atoms with Crippen LogP contribution in [0, 0.1) is 5.41 Å². The van der Waals surface area contributed by atoms with Crippen molar-refractivity contribution in [3.8, 4) is 17.2 Å². The van der Waals surface area contributed by atoms with Crippen molar-refractivity contribution >= 4 is 0 Å². The molecule has 2 N–H and O–H groups in total. The predicted molar refractivity (Wildman–Crippen MR) is 74.1 cm³/mol. The number of methoxy groups -OCH3 is 1. The Morgan fingerprint density at radius 2 is 2.05 bits per heavy atom. The lowest BCUT2D eigenvalue weighted by Gasteiger charge is -2.51. The van der Waals surface area contributed by atoms with Crippen LogP contribution in [0.3, 0.4) is 0 Å². The van der Waals surface area contributed by atoms with Gasteiger partial charge in [-0.15, -0.1) is 0 Å². The second-order valence-corrected chi connectivity index (χ2v) is 6.05. The van der Waals surface area contributed by atoms with E-state index in [1.165, 1.54) is 0 Å². The molecule has 20 heavy (non-hydrogen) atoms. The molecule has 1 fully saturated rings. The number of ether oxygens (including phenoxy) is 3. The number of phenols is 1. The number of hydrogen-bond donors (Lipinski definition) is 2. The third kappa shape index (κ3) is 2.11. The maximum atomic E-state index is 10.0. The van der Waals surface area contributed by atoms with Crippen LogP contribution in [0.5, 0.6) is 17.2 Å². The number of benzene rings is 1. The third-order valence-electron chi connectivity index (χ3n) is 4.58. The summed E-state index contributed by atoms with van der Waals surface area (Å²) in [5.41, 5.74) is 0.937. The lowest BCUT2D eigenvalue weighted by atomic mass is 9.64. The van der Waals surface area contributed by atoms with Crippen LogP contribution in [0.1, 0.15) is 25.8 Å². The van der Waals surface area contributed by atoms with Gasteiger partial charge < -0.3 is 24.6 Å². The first kappa shape index (κ1) is 13.5. The molecule has 0 radical (unpaired) electrons. The second-order valence-electron chi connectivity index (χ2n) is 6.05. The molecule has 1 heterocycles. The van der Waals surface area contributed by atoms with Gasteiger partial charge in [0.25, 0.3) is 0 Å². The van der Waals surface area contributed by atoms with Gasteiger partial charge in [-0.25, -0.2) is 0 Å². The van der Waals surface area contributed by atoms with E-state index in [1.807, 2.05) is 6.07 Å². The fraction of sp³-hybridized carbons (Fsp3) is 0.600. The van der Waals surface area contributed by atoms with Crippen LogP contribution in [0.25, 0.3) is 0 Å². The highest BCUT2D eigenvalue weighted by Crippen LogP contribution is 2.43. The molecule has 0 spiro atoms. The topological polar surface area (TPSA) is 60.0 Å². The maximum Gasteiger partial charge on any atom is 0.231 e. The Labute approximate surface area is 118 Å². The van der Waals surface area contributed by atoms with Crippen LogP contribution in [-0.4, -0.2) is 31.2 Å². The molecule has 0 saturated heterocycles. The molecule has 5 heteroatoms. The Balaban J connectivity index is 1.65. The molecule has 5 nitrogen and oxygen atoms in total. The molecule has 1 saturated carbocycles. The van der Waals surface area contributed by atoms with Crippen molar-refractivity contribution in [2.75, 3.05) is 13.9 Å². The van der Waals surface area contributed by atoms with E-state index in [9.17, 15) is 5.11 Å². The number of nitrogens with one attached hydrogen (secondary N) is 1. The Hall–Kier alpha value is -1.46. The summed E-state index contributed by atoms with van der Waals surface area (Å²) in [5.74, 6) is 1.54. The summed E-state index contributed by atoms with van der Waals surface area (Å²) in [6.45, 7) is 5.22. The molecule has 2 unspecified atom stereocenters. The summed E-state index contributed by atoms with van der Waals surface area (Å²) in [6.07, 6.45) is 1.29. The van der Waals surface area contributed by atoms with Crippen molar-refractivity contribution in [1.82, 2.24) is 5.32 Å². The van der Waals surface area contributed by atoms with Crippen LogP contribution in [0.15, 0.2) is 12.1 Å². The van der Waals surface area contributed by atoms with Crippen LogP contribution in [-0.2, 0) is 11.3 Å². The van der Waals surface area contributed by atoms with E-state index < -0.39 is 0 Å². The smallest absolute Gasteiger partial charge is 0.231 e. The van der Waals surface area contributed by atoms with Gasteiger partial charge in [-0.1, -0.05) is 13.8 Å². The standard InChI is InChI=1S/C15H21NO4/c1-15(2)13(6-14(15)18-3)16-7-9-4-11-12(5-10(9)17)20-8-19-11/h4-5,13-14,16-17H,6-8H2,1-3H3. The monoisotopic (exact) mass is 279 g/mol. The molecular formula is C15H21NO4. The second kappa shape index (κ2) is 4.82. The predicted octanol–water partition coefficient (Wildman–Crippen LogP) is 2.02. The van der Waals surface area contributed by atoms with Crippen LogP contribution in [0.2, 0.25) is 0 Å². The summed E-state index contributed by atoms with van der Waals surface area (Å²) < 4.78 is 16.0. The molecular weight excluding hydrogens is 258 g/mol. The normalized spacial score (nSPS) is 26.4. The summed E-state index contributed by atoms with van der Waals surface area (Å²) in [7, 11) is 1.76. The van der Waals surface area contributed by atoms with Crippen molar-refractivity contribution in [3.63, 3.8) is 0 Å². The molecule has 1 aliphatic carbocycles. The summed E-state index contributed by atoms with van der Waals surface area (Å²) in [6, 6.07) is 3.84. The van der Waals surface area contributed by atoms with Gasteiger partial charge in [0.15, 0.2) is 11.5 Å². The first-order chi connectivity index (χ1) is 9.52. The average molecular weight is 279 g/mol. The summed E-state index contributed by atoms with van der Waals surface area (Å²) >= 11 is 0. The molecule has 110 valence electrons. The van der Waals surface area contributed by atoms with Crippen molar-refractivity contribution in [3.05, 3.63) is 17.7 Å². The molecule has 1 aliphatic heterocycles. The van der Waals surface area contributed by atoms with Gasteiger partial charge in [0.2, 0.25) is 6.79 Å². The molecule has 0 bridgehead atoms.